The van der Waals surface area contributed by atoms with Crippen LogP contribution >= 0.6 is 0 Å². The number of carbonyl (C=O) groups excluding carboxylic acids is 1. The van der Waals surface area contributed by atoms with Crippen LogP contribution in [0, 0.1) is 29.0 Å². The number of alkyl halides is 3. The lowest BCUT2D eigenvalue weighted by molar-refractivity contribution is -0.141. The molecule has 0 bridgehead atoms. The van der Waals surface area contributed by atoms with E-state index in [1.54, 1.807) is 31.2 Å². The number of halogens is 4. The number of aromatic nitrogens is 3. The predicted molar refractivity (Wildman–Crippen MR) is 123 cm³/mol. The highest BCUT2D eigenvalue weighted by Gasteiger charge is 2.49. The minimum atomic E-state index is -4.67. The van der Waals surface area contributed by atoms with Crippen molar-refractivity contribution in [2.45, 2.75) is 38.3 Å². The largest absolute Gasteiger partial charge is 0.433 e. The Morgan fingerprint density at radius 3 is 2.61 bits per heavy atom. The molecule has 5 rings (SSSR count). The smallest absolute Gasteiger partial charge is 0.293 e. The maximum Gasteiger partial charge on any atom is 0.433 e. The third-order valence-electron chi connectivity index (χ3n) is 7.28. The fraction of sp³-hybridized carbons (Fsp3) is 0.296. The van der Waals surface area contributed by atoms with Crippen molar-refractivity contribution >= 4 is 5.78 Å². The molecule has 0 aliphatic heterocycles. The maximum atomic E-state index is 14.9. The van der Waals surface area contributed by atoms with E-state index in [2.05, 4.69) is 9.97 Å². The van der Waals surface area contributed by atoms with Gasteiger partial charge in [0, 0.05) is 34.2 Å². The molecule has 0 saturated heterocycles. The van der Waals surface area contributed by atoms with Gasteiger partial charge in [-0.05, 0) is 43.0 Å². The molecule has 0 N–H and O–H groups in total. The summed E-state index contributed by atoms with van der Waals surface area (Å²) >= 11 is 0. The average molecular weight is 492 g/mol. The number of nitriles is 1. The summed E-state index contributed by atoms with van der Waals surface area (Å²) in [6.07, 6.45) is -0.990. The number of benzene rings is 1. The van der Waals surface area contributed by atoms with Crippen LogP contribution in [0.15, 0.2) is 54.2 Å². The lowest BCUT2D eigenvalue weighted by Gasteiger charge is -2.45. The standard InChI is InChI=1S/C27H20F4N4O/c1-14-19-8-7-18-22(17-5-3-4-6-20(17)28)34-25(15-9-10-33-21(11-15)27(29,30)31)35-24(18)26(19,2)12-16(13-32)23(14)36/h3-6,9-12,14,19H,7-8H2,1-2H3/t14-,19-,26-/m1/s1. The quantitative estimate of drug-likeness (QED) is 0.419. The summed E-state index contributed by atoms with van der Waals surface area (Å²) in [5, 5.41) is 9.61. The van der Waals surface area contributed by atoms with Crippen molar-refractivity contribution in [1.29, 1.82) is 5.26 Å². The molecule has 3 aromatic rings. The minimum absolute atomic E-state index is 0.0155. The molecular weight excluding hydrogens is 472 g/mol. The maximum absolute atomic E-state index is 14.9. The number of fused-ring (bicyclic) bond motifs is 3. The molecule has 2 aromatic heterocycles. The van der Waals surface area contributed by atoms with Crippen molar-refractivity contribution in [1.82, 2.24) is 15.0 Å². The second-order valence-electron chi connectivity index (χ2n) is 9.38. The van der Waals surface area contributed by atoms with Gasteiger partial charge in [0.2, 0.25) is 0 Å². The second-order valence-corrected chi connectivity index (χ2v) is 9.38. The van der Waals surface area contributed by atoms with E-state index in [1.807, 2.05) is 13.0 Å². The average Bonchev–Trinajstić information content (AvgIpc) is 2.86. The summed E-state index contributed by atoms with van der Waals surface area (Å²) in [4.78, 5) is 25.4. The van der Waals surface area contributed by atoms with Gasteiger partial charge in [0.25, 0.3) is 0 Å². The van der Waals surface area contributed by atoms with E-state index in [0.717, 1.165) is 12.3 Å². The van der Waals surface area contributed by atoms with Crippen molar-refractivity contribution < 1.29 is 22.4 Å². The monoisotopic (exact) mass is 492 g/mol. The number of rotatable bonds is 2. The van der Waals surface area contributed by atoms with E-state index in [9.17, 15) is 27.6 Å². The van der Waals surface area contributed by atoms with E-state index >= 15 is 0 Å². The zero-order chi connectivity index (χ0) is 25.8. The zero-order valence-corrected chi connectivity index (χ0v) is 19.4. The number of hydrogen-bond donors (Lipinski definition) is 0. The number of pyridine rings is 1. The summed E-state index contributed by atoms with van der Waals surface area (Å²) in [5.41, 5.74) is -0.242. The van der Waals surface area contributed by atoms with Crippen LogP contribution in [0.5, 0.6) is 0 Å². The molecule has 0 amide bonds. The normalized spacial score (nSPS) is 23.4. The topological polar surface area (TPSA) is 79.5 Å². The van der Waals surface area contributed by atoms with Crippen molar-refractivity contribution in [3.63, 3.8) is 0 Å². The van der Waals surface area contributed by atoms with Gasteiger partial charge in [-0.1, -0.05) is 32.1 Å². The van der Waals surface area contributed by atoms with Gasteiger partial charge in [0.15, 0.2) is 11.6 Å². The van der Waals surface area contributed by atoms with Crippen molar-refractivity contribution in [2.24, 2.45) is 11.8 Å². The Labute approximate surface area is 204 Å². The highest BCUT2D eigenvalue weighted by molar-refractivity contribution is 6.02. The Morgan fingerprint density at radius 1 is 1.17 bits per heavy atom. The summed E-state index contributed by atoms with van der Waals surface area (Å²) in [6, 6.07) is 10.3. The first-order valence-electron chi connectivity index (χ1n) is 11.4. The summed E-state index contributed by atoms with van der Waals surface area (Å²) in [6.45, 7) is 3.64. The third kappa shape index (κ3) is 3.68. The first-order valence-corrected chi connectivity index (χ1v) is 11.4. The molecule has 9 heteroatoms. The van der Waals surface area contributed by atoms with E-state index in [-0.39, 0.29) is 39.9 Å². The highest BCUT2D eigenvalue weighted by atomic mass is 19.4. The third-order valence-corrected chi connectivity index (χ3v) is 7.28. The molecule has 0 fully saturated rings. The van der Waals surface area contributed by atoms with Gasteiger partial charge >= 0.3 is 6.18 Å². The van der Waals surface area contributed by atoms with Crippen LogP contribution in [0.4, 0.5) is 17.6 Å². The molecule has 36 heavy (non-hydrogen) atoms. The highest BCUT2D eigenvalue weighted by Crippen LogP contribution is 2.51. The second kappa shape index (κ2) is 8.33. The molecule has 5 nitrogen and oxygen atoms in total. The summed E-state index contributed by atoms with van der Waals surface area (Å²) in [5.74, 6) is -1.41. The SMILES string of the molecule is C[C@H]1C(=O)C(C#N)=C[C@@]2(C)c3nc(-c4ccnc(C(F)(F)F)c4)nc(-c4ccccc4F)c3CC[C@H]12. The van der Waals surface area contributed by atoms with Crippen LogP contribution in [0.2, 0.25) is 0 Å². The van der Waals surface area contributed by atoms with Gasteiger partial charge in [-0.2, -0.15) is 18.4 Å². The van der Waals surface area contributed by atoms with E-state index in [4.69, 9.17) is 4.98 Å². The van der Waals surface area contributed by atoms with Crippen molar-refractivity contribution in [2.75, 3.05) is 0 Å². The van der Waals surface area contributed by atoms with E-state index in [1.165, 1.54) is 12.1 Å². The molecule has 0 unspecified atom stereocenters. The van der Waals surface area contributed by atoms with Crippen LogP contribution in [0.1, 0.15) is 37.2 Å². The molecule has 0 spiro atoms. The van der Waals surface area contributed by atoms with Crippen LogP contribution < -0.4 is 0 Å². The molecule has 0 radical (unpaired) electrons. The molecule has 2 aliphatic carbocycles. The Hall–Kier alpha value is -3.93. The van der Waals surface area contributed by atoms with Gasteiger partial charge in [-0.15, -0.1) is 0 Å². The summed E-state index contributed by atoms with van der Waals surface area (Å²) in [7, 11) is 0. The minimum Gasteiger partial charge on any atom is -0.293 e. The van der Waals surface area contributed by atoms with Gasteiger partial charge < -0.3 is 0 Å². The van der Waals surface area contributed by atoms with Crippen molar-refractivity contribution in [3.05, 3.63) is 77.0 Å². The number of carbonyl (C=O) groups is 1. The van der Waals surface area contributed by atoms with Crippen LogP contribution in [-0.4, -0.2) is 20.7 Å². The zero-order valence-electron chi connectivity index (χ0n) is 19.4. The Kier molecular flexibility index (Phi) is 5.51. The first-order chi connectivity index (χ1) is 17.0. The lowest BCUT2D eigenvalue weighted by atomic mass is 9.57. The molecule has 182 valence electrons. The van der Waals surface area contributed by atoms with Crippen LogP contribution in [0.3, 0.4) is 0 Å². The predicted octanol–water partition coefficient (Wildman–Crippen LogP) is 5.85. The molecule has 2 heterocycles. The fourth-order valence-electron chi connectivity index (χ4n) is 5.50. The molecule has 2 aliphatic rings. The van der Waals surface area contributed by atoms with E-state index in [0.29, 0.717) is 24.1 Å². The molecular formula is C27H20F4N4O. The van der Waals surface area contributed by atoms with Crippen molar-refractivity contribution in [3.8, 4) is 28.7 Å². The van der Waals surface area contributed by atoms with Crippen LogP contribution in [0.25, 0.3) is 22.6 Å². The number of ketones is 1. The molecule has 0 saturated carbocycles. The van der Waals surface area contributed by atoms with Gasteiger partial charge in [0.05, 0.1) is 17.0 Å². The fourth-order valence-corrected chi connectivity index (χ4v) is 5.50. The Bertz CT molecular complexity index is 1470. The number of allylic oxidation sites excluding steroid dienone is 2. The molecule has 3 atom stereocenters. The number of hydrogen-bond acceptors (Lipinski definition) is 5. The van der Waals surface area contributed by atoms with Gasteiger partial charge in [-0.3, -0.25) is 9.78 Å². The van der Waals surface area contributed by atoms with Gasteiger partial charge in [0.1, 0.15) is 17.6 Å². The Balaban J connectivity index is 1.82. The Morgan fingerprint density at radius 2 is 1.92 bits per heavy atom. The first kappa shape index (κ1) is 23.8. The number of nitrogens with zero attached hydrogens (tertiary/aromatic N) is 4. The summed E-state index contributed by atoms with van der Waals surface area (Å²) < 4.78 is 55.1. The van der Waals surface area contributed by atoms with Crippen LogP contribution in [-0.2, 0) is 22.8 Å². The molecule has 1 aromatic carbocycles. The van der Waals surface area contributed by atoms with Gasteiger partial charge in [-0.25, -0.2) is 14.4 Å². The number of Topliss-reactive ketones (excluding diaryl/α,β-unsaturated/α-hetero) is 1. The lowest BCUT2D eigenvalue weighted by Crippen LogP contribution is -2.46. The van der Waals surface area contributed by atoms with E-state index < -0.39 is 29.0 Å².